The average Bonchev–Trinajstić information content (AvgIpc) is 3.02. The van der Waals surface area contributed by atoms with E-state index in [-0.39, 0.29) is 29.6 Å². The quantitative estimate of drug-likeness (QED) is 0.675. The van der Waals surface area contributed by atoms with Gasteiger partial charge >= 0.3 is 0 Å². The van der Waals surface area contributed by atoms with Gasteiger partial charge in [0.1, 0.15) is 11.5 Å². The zero-order chi connectivity index (χ0) is 21.9. The summed E-state index contributed by atoms with van der Waals surface area (Å²) in [4.78, 5) is 31.7. The standard InChI is InChI=1S/C24H30N2O5/c1-5-14-12-25(2)9-8-24-18-10-15(29-3)6-7-19(18)26-21(24)17(16(14)11-20(24)27)13-31-23(30-4)22(26)28/h5-7,10,16-17,21,23H,8-9,11-13H2,1-4H3/t16-,17-,21-,23-,24+/m0/s1. The van der Waals surface area contributed by atoms with Crippen LogP contribution >= 0.6 is 0 Å². The van der Waals surface area contributed by atoms with E-state index in [1.165, 1.54) is 12.7 Å². The van der Waals surface area contributed by atoms with E-state index in [0.29, 0.717) is 25.2 Å². The molecule has 1 aromatic rings. The predicted molar refractivity (Wildman–Crippen MR) is 115 cm³/mol. The molecule has 5 rings (SSSR count). The molecule has 3 fully saturated rings. The van der Waals surface area contributed by atoms with Crippen molar-refractivity contribution in [2.45, 2.75) is 37.5 Å². The van der Waals surface area contributed by atoms with Gasteiger partial charge in [-0.25, -0.2) is 0 Å². The molecule has 0 aromatic heterocycles. The van der Waals surface area contributed by atoms with Crippen LogP contribution in [0.15, 0.2) is 29.8 Å². The van der Waals surface area contributed by atoms with E-state index in [1.54, 1.807) is 7.11 Å². The molecular formula is C24H30N2O5. The van der Waals surface area contributed by atoms with Gasteiger partial charge in [0.2, 0.25) is 6.29 Å². The number of hydrogen-bond acceptors (Lipinski definition) is 6. The molecule has 1 aliphatic carbocycles. The van der Waals surface area contributed by atoms with E-state index in [2.05, 4.69) is 18.0 Å². The van der Waals surface area contributed by atoms with Crippen molar-refractivity contribution in [1.29, 1.82) is 0 Å². The Morgan fingerprint density at radius 3 is 2.77 bits per heavy atom. The Kier molecular flexibility index (Phi) is 4.95. The fraction of sp³-hybridized carbons (Fsp3) is 0.583. The van der Waals surface area contributed by atoms with Crippen molar-refractivity contribution in [3.05, 3.63) is 35.4 Å². The average molecular weight is 427 g/mol. The van der Waals surface area contributed by atoms with E-state index in [9.17, 15) is 9.59 Å². The number of anilines is 1. The predicted octanol–water partition coefficient (Wildman–Crippen LogP) is 2.14. The van der Waals surface area contributed by atoms with Crippen LogP contribution in [-0.4, -0.2) is 69.9 Å². The number of likely N-dealkylation sites (N-methyl/N-ethyl adjacent to an activating group) is 1. The Labute approximate surface area is 182 Å². The molecule has 0 radical (unpaired) electrons. The van der Waals surface area contributed by atoms with Gasteiger partial charge in [0.05, 0.1) is 25.2 Å². The molecule has 0 unspecified atom stereocenters. The molecule has 0 N–H and O–H groups in total. The summed E-state index contributed by atoms with van der Waals surface area (Å²) in [6.07, 6.45) is 2.30. The zero-order valence-electron chi connectivity index (χ0n) is 18.6. The van der Waals surface area contributed by atoms with Crippen LogP contribution in [0.2, 0.25) is 0 Å². The van der Waals surface area contributed by atoms with Gasteiger partial charge < -0.3 is 24.0 Å². The first-order chi connectivity index (χ1) is 15.0. The summed E-state index contributed by atoms with van der Waals surface area (Å²) in [6, 6.07) is 5.45. The van der Waals surface area contributed by atoms with Gasteiger partial charge in [-0.2, -0.15) is 0 Å². The number of nitrogens with zero attached hydrogens (tertiary/aromatic N) is 2. The lowest BCUT2D eigenvalue weighted by Gasteiger charge is -2.47. The highest BCUT2D eigenvalue weighted by Crippen LogP contribution is 2.58. The summed E-state index contributed by atoms with van der Waals surface area (Å²) < 4.78 is 16.9. The molecule has 4 aliphatic rings. The molecule has 1 aromatic carbocycles. The van der Waals surface area contributed by atoms with Crippen LogP contribution in [-0.2, 0) is 24.5 Å². The maximum absolute atomic E-state index is 14.0. The second-order valence-electron chi connectivity index (χ2n) is 9.16. The molecule has 1 amide bonds. The fourth-order valence-electron chi connectivity index (χ4n) is 6.39. The molecule has 7 nitrogen and oxygen atoms in total. The number of Topliss-reactive ketones (excluding diaryl/α,β-unsaturated/α-hetero) is 1. The Morgan fingerprint density at radius 1 is 1.26 bits per heavy atom. The molecule has 1 saturated carbocycles. The van der Waals surface area contributed by atoms with Crippen molar-refractivity contribution in [1.82, 2.24) is 4.90 Å². The number of allylic oxidation sites excluding steroid dienone is 1. The number of benzene rings is 1. The van der Waals surface area contributed by atoms with Gasteiger partial charge in [-0.05, 0) is 56.6 Å². The van der Waals surface area contributed by atoms with Crippen molar-refractivity contribution in [2.75, 3.05) is 45.9 Å². The molecule has 166 valence electrons. The highest BCUT2D eigenvalue weighted by molar-refractivity contribution is 6.06. The molecule has 31 heavy (non-hydrogen) atoms. The number of rotatable bonds is 2. The molecule has 5 atom stereocenters. The van der Waals surface area contributed by atoms with Crippen LogP contribution in [0.1, 0.15) is 25.3 Å². The maximum atomic E-state index is 14.0. The molecule has 2 bridgehead atoms. The van der Waals surface area contributed by atoms with Gasteiger partial charge in [-0.1, -0.05) is 11.6 Å². The van der Waals surface area contributed by atoms with Crippen LogP contribution in [0.25, 0.3) is 0 Å². The lowest BCUT2D eigenvalue weighted by molar-refractivity contribution is -0.162. The van der Waals surface area contributed by atoms with Crippen LogP contribution in [0.5, 0.6) is 5.75 Å². The maximum Gasteiger partial charge on any atom is 0.284 e. The Balaban J connectivity index is 1.79. The van der Waals surface area contributed by atoms with E-state index in [4.69, 9.17) is 14.2 Å². The zero-order valence-corrected chi connectivity index (χ0v) is 18.6. The number of methoxy groups -OCH3 is 2. The second-order valence-corrected chi connectivity index (χ2v) is 9.16. The number of carbonyl (C=O) groups is 2. The van der Waals surface area contributed by atoms with Crippen molar-refractivity contribution in [3.8, 4) is 5.75 Å². The number of amides is 1. The first-order valence-electron chi connectivity index (χ1n) is 11.0. The molecule has 3 heterocycles. The Morgan fingerprint density at radius 2 is 2.06 bits per heavy atom. The molecule has 2 saturated heterocycles. The molecule has 3 aliphatic heterocycles. The SMILES string of the molecule is CC=C1CN(C)CC[C@]23C(=O)C[C@@H]1[C@@H]1CO[C@H](OC)C(=O)N(c4ccc(OC)cc42)[C@@H]13. The van der Waals surface area contributed by atoms with Gasteiger partial charge in [-0.15, -0.1) is 0 Å². The van der Waals surface area contributed by atoms with E-state index < -0.39 is 11.7 Å². The van der Waals surface area contributed by atoms with Crippen molar-refractivity contribution < 1.29 is 23.8 Å². The van der Waals surface area contributed by atoms with Crippen LogP contribution in [0.3, 0.4) is 0 Å². The minimum absolute atomic E-state index is 0.0119. The minimum atomic E-state index is -0.966. The van der Waals surface area contributed by atoms with E-state index in [1.807, 2.05) is 30.0 Å². The first-order valence-corrected chi connectivity index (χ1v) is 11.0. The lowest BCUT2D eigenvalue weighted by atomic mass is 9.57. The third kappa shape index (κ3) is 2.76. The Hall–Kier alpha value is -2.22. The number of carbonyl (C=O) groups excluding carboxylic acids is 2. The monoisotopic (exact) mass is 426 g/mol. The number of ether oxygens (including phenoxy) is 3. The van der Waals surface area contributed by atoms with E-state index >= 15 is 0 Å². The van der Waals surface area contributed by atoms with E-state index in [0.717, 1.165) is 24.3 Å². The lowest BCUT2D eigenvalue weighted by Crippen LogP contribution is -2.61. The summed E-state index contributed by atoms with van der Waals surface area (Å²) in [7, 11) is 5.23. The van der Waals surface area contributed by atoms with Crippen LogP contribution < -0.4 is 9.64 Å². The first kappa shape index (κ1) is 20.7. The van der Waals surface area contributed by atoms with Gasteiger partial charge in [0.25, 0.3) is 5.91 Å². The topological polar surface area (TPSA) is 68.3 Å². The number of fused-ring (bicyclic) bond motifs is 5. The van der Waals surface area contributed by atoms with Crippen LogP contribution in [0, 0.1) is 11.8 Å². The van der Waals surface area contributed by atoms with Gasteiger partial charge in [-0.3, -0.25) is 9.59 Å². The molecular weight excluding hydrogens is 396 g/mol. The Bertz CT molecular complexity index is 959. The summed E-state index contributed by atoms with van der Waals surface area (Å²) in [5, 5.41) is 0. The largest absolute Gasteiger partial charge is 0.497 e. The van der Waals surface area contributed by atoms with Crippen LogP contribution in [0.4, 0.5) is 5.69 Å². The third-order valence-corrected chi connectivity index (χ3v) is 7.83. The number of ketones is 1. The smallest absolute Gasteiger partial charge is 0.284 e. The highest BCUT2D eigenvalue weighted by Gasteiger charge is 2.65. The summed E-state index contributed by atoms with van der Waals surface area (Å²) in [5.74, 6) is 0.739. The van der Waals surface area contributed by atoms with Crippen molar-refractivity contribution in [2.24, 2.45) is 11.8 Å². The van der Waals surface area contributed by atoms with Gasteiger partial charge in [0, 0.05) is 31.7 Å². The summed E-state index contributed by atoms with van der Waals surface area (Å²) in [6.45, 7) is 4.02. The third-order valence-electron chi connectivity index (χ3n) is 7.83. The van der Waals surface area contributed by atoms with Gasteiger partial charge in [0.15, 0.2) is 0 Å². The second kappa shape index (κ2) is 7.43. The summed E-state index contributed by atoms with van der Waals surface area (Å²) >= 11 is 0. The fourth-order valence-corrected chi connectivity index (χ4v) is 6.39. The normalized spacial score (nSPS) is 36.5. The summed E-state index contributed by atoms with van der Waals surface area (Å²) in [5.41, 5.74) is 2.18. The highest BCUT2D eigenvalue weighted by atomic mass is 16.7. The minimum Gasteiger partial charge on any atom is -0.497 e. The molecule has 1 spiro atoms. The number of hydrogen-bond donors (Lipinski definition) is 0. The van der Waals surface area contributed by atoms with Crippen molar-refractivity contribution in [3.63, 3.8) is 0 Å². The van der Waals surface area contributed by atoms with Crippen molar-refractivity contribution >= 4 is 17.4 Å². The molecule has 7 heteroatoms.